The topological polar surface area (TPSA) is 62.7 Å². The number of hydrogen-bond donors (Lipinski definition) is 0. The Morgan fingerprint density at radius 3 is 1.01 bits per heavy atom. The summed E-state index contributed by atoms with van der Waals surface area (Å²) in [4.78, 5) is 12.6. The minimum atomic E-state index is 0.711. The van der Waals surface area contributed by atoms with E-state index in [9.17, 15) is 0 Å². The fourth-order valence-electron chi connectivity index (χ4n) is 9.94. The maximum atomic E-state index is 6.11. The van der Waals surface area contributed by atoms with Crippen LogP contribution in [0, 0.1) is 0 Å². The lowest BCUT2D eigenvalue weighted by Crippen LogP contribution is -2.00. The van der Waals surface area contributed by atoms with Crippen LogP contribution in [0.1, 0.15) is 143 Å². The van der Waals surface area contributed by atoms with Gasteiger partial charge in [0.05, 0.1) is 38.2 Å². The fraction of sp³-hybridized carbons (Fsp3) is 0.324. The molecular formula is C74H80N2O4S7. The number of benzene rings is 3. The molecule has 13 heteroatoms. The SMILES string of the molecule is CCCCOCCc1ccsc1/C=C/c1ccc(/C=C/c2sc(-c3ccc(-c4ccc(-c5ccc(-c6cc(CCOCCCC)c(/C=C/c7ccc(/C=C/c8sccc8CCOCCCC)cc7)s6)s5)c5nsnc45)s3)cc2CCOCCCC)cc1. The van der Waals surface area contributed by atoms with E-state index in [0.717, 1.165) is 139 Å². The van der Waals surface area contributed by atoms with Gasteiger partial charge >= 0.3 is 0 Å². The molecular weight excluding hydrogens is 1210 g/mol. The predicted molar refractivity (Wildman–Crippen MR) is 386 cm³/mol. The monoisotopic (exact) mass is 1280 g/mol. The van der Waals surface area contributed by atoms with Crippen molar-refractivity contribution < 1.29 is 18.9 Å². The molecule has 0 aliphatic carbocycles. The highest BCUT2D eigenvalue weighted by atomic mass is 32.1. The summed E-state index contributed by atoms with van der Waals surface area (Å²) in [6, 6.07) is 40.5. The Morgan fingerprint density at radius 1 is 0.322 bits per heavy atom. The molecule has 452 valence electrons. The number of fused-ring (bicyclic) bond motifs is 1. The lowest BCUT2D eigenvalue weighted by molar-refractivity contribution is 0.134. The second-order valence-electron chi connectivity index (χ2n) is 21.6. The Labute approximate surface area is 544 Å². The van der Waals surface area contributed by atoms with E-state index in [1.54, 1.807) is 22.7 Å². The molecule has 7 aromatic heterocycles. The van der Waals surface area contributed by atoms with Gasteiger partial charge in [0.2, 0.25) is 0 Å². The van der Waals surface area contributed by atoms with Crippen molar-refractivity contribution in [1.82, 2.24) is 8.75 Å². The zero-order valence-corrected chi connectivity index (χ0v) is 56.4. The zero-order valence-electron chi connectivity index (χ0n) is 50.7. The first-order valence-electron chi connectivity index (χ1n) is 31.0. The van der Waals surface area contributed by atoms with Gasteiger partial charge in [0.15, 0.2) is 0 Å². The van der Waals surface area contributed by atoms with E-state index in [2.05, 4.69) is 196 Å². The number of ether oxygens (including phenoxy) is 4. The van der Waals surface area contributed by atoms with Gasteiger partial charge in [-0.15, -0.1) is 68.0 Å². The highest BCUT2D eigenvalue weighted by Crippen LogP contribution is 2.45. The summed E-state index contributed by atoms with van der Waals surface area (Å²) in [7, 11) is 0. The average Bonchev–Trinajstić information content (AvgIpc) is 3.49. The molecule has 0 atom stereocenters. The molecule has 0 saturated carbocycles. The minimum Gasteiger partial charge on any atom is -0.381 e. The number of hydrogen-bond acceptors (Lipinski definition) is 13. The van der Waals surface area contributed by atoms with Gasteiger partial charge in [-0.05, 0) is 179 Å². The van der Waals surface area contributed by atoms with Crippen LogP contribution in [0.25, 0.3) is 100 Å². The Morgan fingerprint density at radius 2 is 0.655 bits per heavy atom. The van der Waals surface area contributed by atoms with Crippen LogP contribution in [-0.2, 0) is 44.6 Å². The van der Waals surface area contributed by atoms with E-state index >= 15 is 0 Å². The third-order valence-electron chi connectivity index (χ3n) is 15.1. The van der Waals surface area contributed by atoms with E-state index in [0.29, 0.717) is 13.2 Å². The molecule has 0 spiro atoms. The average molecular weight is 1290 g/mol. The van der Waals surface area contributed by atoms with E-state index < -0.39 is 0 Å². The molecule has 0 fully saturated rings. The Kier molecular flexibility index (Phi) is 25.5. The van der Waals surface area contributed by atoms with E-state index in [1.807, 2.05) is 45.3 Å². The maximum absolute atomic E-state index is 6.11. The standard InChI is InChI=1S/C74H80N2O4S7/c1-5-9-41-77-45-35-57-39-49-81-63(57)27-21-53-13-17-55(18-14-53)23-29-65-59(37-47-79-43-11-7-3)51-71(83-65)69-33-31-67(85-69)61-25-26-62(74-73(61)75-87-76-74)68-32-34-70(86-68)72-52-60(38-48-80-44-12-8-4)66(84-72)30-24-56-19-15-54(16-20-56)22-28-64-58(40-50-82-64)36-46-78-42-10-6-2/h13-34,39-40,49-52H,5-12,35-38,41-48H2,1-4H3/b27-21+,28-22+,29-23+,30-24+. The van der Waals surface area contributed by atoms with Crippen molar-refractivity contribution in [3.63, 3.8) is 0 Å². The van der Waals surface area contributed by atoms with Crippen LogP contribution in [0.4, 0.5) is 0 Å². The maximum Gasteiger partial charge on any atom is 0.114 e. The predicted octanol–water partition coefficient (Wildman–Crippen LogP) is 22.8. The molecule has 0 unspecified atom stereocenters. The second kappa shape index (κ2) is 34.5. The molecule has 0 aliphatic heterocycles. The van der Waals surface area contributed by atoms with Crippen LogP contribution in [0.15, 0.2) is 120 Å². The number of nitrogens with zero attached hydrogens (tertiary/aromatic N) is 2. The Balaban J connectivity index is 0.818. The fourth-order valence-corrected chi connectivity index (χ4v) is 16.7. The Bertz CT molecular complexity index is 3560. The summed E-state index contributed by atoms with van der Waals surface area (Å²) in [5.41, 5.74) is 14.2. The van der Waals surface area contributed by atoms with Crippen LogP contribution < -0.4 is 0 Å². The molecule has 0 aliphatic rings. The summed E-state index contributed by atoms with van der Waals surface area (Å²) < 4.78 is 33.8. The zero-order chi connectivity index (χ0) is 59.8. The molecule has 6 nitrogen and oxygen atoms in total. The second-order valence-corrected chi connectivity index (χ2v) is 28.4. The molecule has 7 heterocycles. The lowest BCUT2D eigenvalue weighted by atomic mass is 10.1. The smallest absolute Gasteiger partial charge is 0.114 e. The van der Waals surface area contributed by atoms with Crippen LogP contribution in [0.2, 0.25) is 0 Å². The third kappa shape index (κ3) is 18.5. The van der Waals surface area contributed by atoms with Gasteiger partial charge in [-0.2, -0.15) is 8.75 Å². The third-order valence-corrected chi connectivity index (χ3v) is 22.4. The van der Waals surface area contributed by atoms with Gasteiger partial charge in [0, 0.05) is 86.3 Å². The van der Waals surface area contributed by atoms with E-state index in [1.165, 1.54) is 105 Å². The molecule has 0 N–H and O–H groups in total. The number of thiophene rings is 6. The molecule has 0 radical (unpaired) electrons. The van der Waals surface area contributed by atoms with Gasteiger partial charge < -0.3 is 18.9 Å². The number of rotatable bonds is 36. The van der Waals surface area contributed by atoms with Crippen molar-refractivity contribution in [1.29, 1.82) is 0 Å². The highest BCUT2D eigenvalue weighted by Gasteiger charge is 2.19. The van der Waals surface area contributed by atoms with Gasteiger partial charge in [-0.1, -0.05) is 138 Å². The summed E-state index contributed by atoms with van der Waals surface area (Å²) in [6.45, 7) is 15.1. The van der Waals surface area contributed by atoms with Crippen molar-refractivity contribution in [3.05, 3.63) is 184 Å². The van der Waals surface area contributed by atoms with Gasteiger partial charge in [0.25, 0.3) is 0 Å². The van der Waals surface area contributed by atoms with E-state index in [4.69, 9.17) is 27.7 Å². The van der Waals surface area contributed by atoms with Crippen molar-refractivity contribution in [2.24, 2.45) is 0 Å². The lowest BCUT2D eigenvalue weighted by Gasteiger charge is -2.03. The summed E-state index contributed by atoms with van der Waals surface area (Å²) in [5.74, 6) is 0. The van der Waals surface area contributed by atoms with Crippen molar-refractivity contribution in [2.75, 3.05) is 52.9 Å². The van der Waals surface area contributed by atoms with Gasteiger partial charge in [-0.25, -0.2) is 0 Å². The molecule has 10 rings (SSSR count). The molecule has 0 amide bonds. The molecule has 3 aromatic carbocycles. The molecule has 10 aromatic rings. The van der Waals surface area contributed by atoms with Crippen LogP contribution in [-0.4, -0.2) is 61.6 Å². The summed E-state index contributed by atoms with van der Waals surface area (Å²) in [6.07, 6.45) is 30.7. The minimum absolute atomic E-state index is 0.711. The van der Waals surface area contributed by atoms with Gasteiger partial charge in [0.1, 0.15) is 11.0 Å². The first-order chi connectivity index (χ1) is 43.0. The quantitative estimate of drug-likeness (QED) is 0.0365. The first kappa shape index (κ1) is 64.5. The van der Waals surface area contributed by atoms with Crippen molar-refractivity contribution >= 4 is 139 Å². The number of aromatic nitrogens is 2. The van der Waals surface area contributed by atoms with E-state index in [-0.39, 0.29) is 0 Å². The van der Waals surface area contributed by atoms with Crippen molar-refractivity contribution in [2.45, 2.75) is 105 Å². The largest absolute Gasteiger partial charge is 0.381 e. The normalized spacial score (nSPS) is 12.1. The summed E-state index contributed by atoms with van der Waals surface area (Å²) in [5, 5.41) is 4.36. The first-order valence-corrected chi connectivity index (χ1v) is 36.8. The Hall–Kier alpha value is -5.52. The molecule has 0 saturated heterocycles. The number of unbranched alkanes of at least 4 members (excludes halogenated alkanes) is 4. The van der Waals surface area contributed by atoms with Gasteiger partial charge in [-0.3, -0.25) is 0 Å². The molecule has 87 heavy (non-hydrogen) atoms. The molecule has 0 bridgehead atoms. The van der Waals surface area contributed by atoms with Crippen LogP contribution >= 0.6 is 79.7 Å². The van der Waals surface area contributed by atoms with Crippen LogP contribution in [0.5, 0.6) is 0 Å². The summed E-state index contributed by atoms with van der Waals surface area (Å²) >= 11 is 12.3. The van der Waals surface area contributed by atoms with Crippen molar-refractivity contribution in [3.8, 4) is 40.4 Å². The highest BCUT2D eigenvalue weighted by molar-refractivity contribution is 7.25. The van der Waals surface area contributed by atoms with Crippen LogP contribution in [0.3, 0.4) is 0 Å².